The molecule has 0 aliphatic carbocycles. The highest BCUT2D eigenvalue weighted by Gasteiger charge is 2.12. The van der Waals surface area contributed by atoms with Crippen LogP contribution in [0.1, 0.15) is 29.1 Å². The lowest BCUT2D eigenvalue weighted by atomic mass is 10.2. The van der Waals surface area contributed by atoms with Gasteiger partial charge in [-0.05, 0) is 42.8 Å². The highest BCUT2D eigenvalue weighted by molar-refractivity contribution is 6.36. The molecule has 3 N–H and O–H groups in total. The van der Waals surface area contributed by atoms with Crippen molar-refractivity contribution in [2.45, 2.75) is 19.3 Å². The van der Waals surface area contributed by atoms with E-state index in [4.69, 9.17) is 27.6 Å². The second-order valence-electron chi connectivity index (χ2n) is 6.75. The highest BCUT2D eigenvalue weighted by Crippen LogP contribution is 2.30. The van der Waals surface area contributed by atoms with E-state index in [1.54, 1.807) is 36.5 Å². The molecule has 2 amide bonds. The number of aromatic nitrogens is 1. The standard InChI is InChI=1S/C22H21Cl2N3O4/c23-15-5-6-17(18(24)12-15)19-13-27-21(31-19)8-7-20(29)25-9-2-10-26-22(30)14-3-1-4-16(28)11-14/h1,3-6,11-13,28H,2,7-10H2,(H,25,29)(H,26,30). The minimum Gasteiger partial charge on any atom is -0.508 e. The Kier molecular flexibility index (Phi) is 7.92. The van der Waals surface area contributed by atoms with Gasteiger partial charge in [0.25, 0.3) is 5.91 Å². The third-order valence-corrected chi connectivity index (χ3v) is 4.93. The Bertz CT molecular complexity index is 1070. The molecule has 7 nitrogen and oxygen atoms in total. The number of nitrogens with zero attached hydrogens (tertiary/aromatic N) is 1. The Morgan fingerprint density at radius 2 is 1.87 bits per heavy atom. The van der Waals surface area contributed by atoms with Crippen molar-refractivity contribution in [3.8, 4) is 17.1 Å². The molecule has 0 aliphatic rings. The van der Waals surface area contributed by atoms with Gasteiger partial charge in [0.2, 0.25) is 5.91 Å². The van der Waals surface area contributed by atoms with E-state index >= 15 is 0 Å². The summed E-state index contributed by atoms with van der Waals surface area (Å²) in [4.78, 5) is 28.2. The molecule has 0 fully saturated rings. The molecule has 0 radical (unpaired) electrons. The van der Waals surface area contributed by atoms with Crippen molar-refractivity contribution in [1.82, 2.24) is 15.6 Å². The SMILES string of the molecule is O=C(CCc1ncc(-c2ccc(Cl)cc2Cl)o1)NCCCNC(=O)c1cccc(O)c1. The fourth-order valence-electron chi connectivity index (χ4n) is 2.82. The monoisotopic (exact) mass is 461 g/mol. The van der Waals surface area contributed by atoms with Gasteiger partial charge >= 0.3 is 0 Å². The van der Waals surface area contributed by atoms with E-state index in [1.165, 1.54) is 12.1 Å². The van der Waals surface area contributed by atoms with Crippen molar-refractivity contribution in [2.24, 2.45) is 0 Å². The van der Waals surface area contributed by atoms with Crippen LogP contribution in [0.25, 0.3) is 11.3 Å². The average molecular weight is 462 g/mol. The number of nitrogens with one attached hydrogen (secondary N) is 2. The number of benzene rings is 2. The third-order valence-electron chi connectivity index (χ3n) is 4.39. The molecular weight excluding hydrogens is 441 g/mol. The van der Waals surface area contributed by atoms with Gasteiger partial charge in [0, 0.05) is 42.1 Å². The van der Waals surface area contributed by atoms with Gasteiger partial charge in [-0.25, -0.2) is 4.98 Å². The number of hydrogen-bond donors (Lipinski definition) is 3. The van der Waals surface area contributed by atoms with Crippen molar-refractivity contribution >= 4 is 35.0 Å². The molecule has 162 valence electrons. The molecule has 31 heavy (non-hydrogen) atoms. The topological polar surface area (TPSA) is 104 Å². The molecule has 0 spiro atoms. The van der Waals surface area contributed by atoms with Gasteiger partial charge in [-0.1, -0.05) is 29.3 Å². The summed E-state index contributed by atoms with van der Waals surface area (Å²) in [6, 6.07) is 11.2. The van der Waals surface area contributed by atoms with E-state index in [-0.39, 0.29) is 24.0 Å². The molecule has 0 bridgehead atoms. The normalized spacial score (nSPS) is 10.6. The van der Waals surface area contributed by atoms with Gasteiger partial charge < -0.3 is 20.2 Å². The quantitative estimate of drug-likeness (QED) is 0.413. The van der Waals surface area contributed by atoms with E-state index in [0.29, 0.717) is 58.8 Å². The molecule has 3 aromatic rings. The first kappa shape index (κ1) is 22.7. The zero-order valence-corrected chi connectivity index (χ0v) is 18.0. The van der Waals surface area contributed by atoms with Crippen molar-refractivity contribution in [2.75, 3.05) is 13.1 Å². The Morgan fingerprint density at radius 1 is 1.06 bits per heavy atom. The molecule has 0 aliphatic heterocycles. The van der Waals surface area contributed by atoms with E-state index in [9.17, 15) is 14.7 Å². The number of carbonyl (C=O) groups excluding carboxylic acids is 2. The number of amides is 2. The number of aryl methyl sites for hydroxylation is 1. The van der Waals surface area contributed by atoms with E-state index in [1.807, 2.05) is 0 Å². The lowest BCUT2D eigenvalue weighted by Gasteiger charge is -2.07. The number of aromatic hydroxyl groups is 1. The molecule has 0 saturated heterocycles. The number of oxazole rings is 1. The zero-order valence-electron chi connectivity index (χ0n) is 16.5. The van der Waals surface area contributed by atoms with Crippen LogP contribution in [0, 0.1) is 0 Å². The zero-order chi connectivity index (χ0) is 22.2. The molecule has 2 aromatic carbocycles. The van der Waals surface area contributed by atoms with Crippen LogP contribution >= 0.6 is 23.2 Å². The largest absolute Gasteiger partial charge is 0.508 e. The maximum atomic E-state index is 12.0. The number of halogens is 2. The summed E-state index contributed by atoms with van der Waals surface area (Å²) in [5.41, 5.74) is 1.07. The van der Waals surface area contributed by atoms with Gasteiger partial charge in [-0.3, -0.25) is 9.59 Å². The Labute approximate surface area is 189 Å². The molecule has 3 rings (SSSR count). The van der Waals surface area contributed by atoms with Gasteiger partial charge in [0.05, 0.1) is 11.2 Å². The summed E-state index contributed by atoms with van der Waals surface area (Å²) in [7, 11) is 0. The Hall–Kier alpha value is -3.03. The van der Waals surface area contributed by atoms with Crippen molar-refractivity contribution < 1.29 is 19.1 Å². The van der Waals surface area contributed by atoms with Crippen LogP contribution in [0.3, 0.4) is 0 Å². The third kappa shape index (κ3) is 6.73. The predicted octanol–water partition coefficient (Wildman–Crippen LogP) is 4.22. The van der Waals surface area contributed by atoms with Gasteiger partial charge in [0.1, 0.15) is 5.75 Å². The van der Waals surface area contributed by atoms with Crippen LogP contribution in [0.5, 0.6) is 5.75 Å². The molecule has 9 heteroatoms. The first-order chi connectivity index (χ1) is 14.9. The van der Waals surface area contributed by atoms with Crippen molar-refractivity contribution in [3.63, 3.8) is 0 Å². The lowest BCUT2D eigenvalue weighted by molar-refractivity contribution is -0.121. The van der Waals surface area contributed by atoms with Crippen molar-refractivity contribution in [1.29, 1.82) is 0 Å². The number of rotatable bonds is 9. The van der Waals surface area contributed by atoms with Gasteiger partial charge in [-0.2, -0.15) is 0 Å². The second kappa shape index (κ2) is 10.8. The fourth-order valence-corrected chi connectivity index (χ4v) is 3.32. The number of phenols is 1. The van der Waals surface area contributed by atoms with Crippen LogP contribution in [-0.4, -0.2) is 35.0 Å². The van der Waals surface area contributed by atoms with Crippen LogP contribution in [0.4, 0.5) is 0 Å². The first-order valence-electron chi connectivity index (χ1n) is 9.66. The summed E-state index contributed by atoms with van der Waals surface area (Å²) >= 11 is 12.1. The number of hydrogen-bond acceptors (Lipinski definition) is 5. The highest BCUT2D eigenvalue weighted by atomic mass is 35.5. The molecule has 0 saturated carbocycles. The Morgan fingerprint density at radius 3 is 2.65 bits per heavy atom. The van der Waals surface area contributed by atoms with E-state index in [2.05, 4.69) is 15.6 Å². The predicted molar refractivity (Wildman–Crippen MR) is 118 cm³/mol. The van der Waals surface area contributed by atoms with Gasteiger partial charge in [0.15, 0.2) is 11.7 Å². The fraction of sp³-hybridized carbons (Fsp3) is 0.227. The van der Waals surface area contributed by atoms with E-state index < -0.39 is 0 Å². The maximum absolute atomic E-state index is 12.0. The minimum absolute atomic E-state index is 0.0364. The molecule has 0 atom stereocenters. The van der Waals surface area contributed by atoms with Crippen molar-refractivity contribution in [3.05, 3.63) is 70.2 Å². The summed E-state index contributed by atoms with van der Waals surface area (Å²) in [6.45, 7) is 0.829. The summed E-state index contributed by atoms with van der Waals surface area (Å²) in [6.07, 6.45) is 2.72. The molecule has 1 aromatic heterocycles. The average Bonchev–Trinajstić information content (AvgIpc) is 3.20. The van der Waals surface area contributed by atoms with Crippen LogP contribution in [0.15, 0.2) is 53.1 Å². The molecule has 0 unspecified atom stereocenters. The summed E-state index contributed by atoms with van der Waals surface area (Å²) in [5.74, 6) is 0.578. The molecule has 1 heterocycles. The maximum Gasteiger partial charge on any atom is 0.251 e. The minimum atomic E-state index is -0.275. The van der Waals surface area contributed by atoms with Gasteiger partial charge in [-0.15, -0.1) is 0 Å². The Balaban J connectivity index is 1.35. The number of carbonyl (C=O) groups is 2. The van der Waals surface area contributed by atoms with Crippen LogP contribution in [0.2, 0.25) is 10.0 Å². The lowest BCUT2D eigenvalue weighted by Crippen LogP contribution is -2.30. The second-order valence-corrected chi connectivity index (χ2v) is 7.60. The smallest absolute Gasteiger partial charge is 0.251 e. The molecular formula is C22H21Cl2N3O4. The van der Waals surface area contributed by atoms with Crippen LogP contribution < -0.4 is 10.6 Å². The summed E-state index contributed by atoms with van der Waals surface area (Å²) in [5, 5.41) is 15.9. The first-order valence-corrected chi connectivity index (χ1v) is 10.4. The summed E-state index contributed by atoms with van der Waals surface area (Å²) < 4.78 is 5.68. The van der Waals surface area contributed by atoms with E-state index in [0.717, 1.165) is 0 Å². The van der Waals surface area contributed by atoms with Crippen LogP contribution in [-0.2, 0) is 11.2 Å². The number of phenolic OH excluding ortho intramolecular Hbond substituents is 1.